The summed E-state index contributed by atoms with van der Waals surface area (Å²) < 4.78 is 4.63. The third-order valence-corrected chi connectivity index (χ3v) is 1.89. The number of hydrogen-bond donors (Lipinski definition) is 1. The minimum absolute atomic E-state index is 0.398. The summed E-state index contributed by atoms with van der Waals surface area (Å²) in [4.78, 5) is 12.8. The van der Waals surface area contributed by atoms with Gasteiger partial charge in [-0.25, -0.2) is 4.79 Å². The Kier molecular flexibility index (Phi) is 3.34. The maximum atomic E-state index is 11.2. The first-order valence-electron chi connectivity index (χ1n) is 4.34. The molecule has 0 aromatic heterocycles. The van der Waals surface area contributed by atoms with Crippen LogP contribution in [0, 0.1) is 0 Å². The quantitative estimate of drug-likeness (QED) is 0.600. The van der Waals surface area contributed by atoms with Crippen molar-refractivity contribution in [2.45, 2.75) is 32.5 Å². The average Bonchev–Trinajstić information content (AvgIpc) is 2.05. The highest BCUT2D eigenvalue weighted by molar-refractivity contribution is 5.67. The molecule has 0 aliphatic carbocycles. The van der Waals surface area contributed by atoms with Crippen molar-refractivity contribution in [3.63, 3.8) is 0 Å². The van der Waals surface area contributed by atoms with Crippen molar-refractivity contribution in [3.05, 3.63) is 0 Å². The number of carbonyl (C=O) groups is 1. The van der Waals surface area contributed by atoms with Crippen molar-refractivity contribution in [2.75, 3.05) is 13.1 Å². The first-order chi connectivity index (χ1) is 5.70. The van der Waals surface area contributed by atoms with Gasteiger partial charge < -0.3 is 14.7 Å². The van der Waals surface area contributed by atoms with Gasteiger partial charge in [-0.3, -0.25) is 0 Å². The monoisotopic (exact) mass is 173 g/mol. The molecule has 0 saturated carbocycles. The van der Waals surface area contributed by atoms with E-state index in [-0.39, 0.29) is 0 Å². The van der Waals surface area contributed by atoms with E-state index in [2.05, 4.69) is 4.74 Å². The molecule has 1 aliphatic rings. The number of rotatable bonds is 1. The molecule has 12 heavy (non-hydrogen) atoms. The molecule has 1 atom stereocenters. The molecular weight excluding hydrogens is 158 g/mol. The average molecular weight is 173 g/mol. The highest BCUT2D eigenvalue weighted by Gasteiger charge is 2.18. The van der Waals surface area contributed by atoms with Gasteiger partial charge >= 0.3 is 6.09 Å². The standard InChI is InChI=1S/C8H15NO3/c1-7(10)12-8(11)9-5-3-2-4-6-9/h7,10H,2-6H2,1H3. The van der Waals surface area contributed by atoms with Crippen LogP contribution in [-0.4, -0.2) is 35.5 Å². The highest BCUT2D eigenvalue weighted by atomic mass is 16.6. The zero-order chi connectivity index (χ0) is 8.97. The van der Waals surface area contributed by atoms with Crippen molar-refractivity contribution in [1.29, 1.82) is 0 Å². The first-order valence-corrected chi connectivity index (χ1v) is 4.34. The molecule has 1 amide bonds. The van der Waals surface area contributed by atoms with Gasteiger partial charge in [0.05, 0.1) is 0 Å². The van der Waals surface area contributed by atoms with Crippen LogP contribution in [0.5, 0.6) is 0 Å². The lowest BCUT2D eigenvalue weighted by Gasteiger charge is -2.26. The van der Waals surface area contributed by atoms with E-state index < -0.39 is 12.4 Å². The number of ether oxygens (including phenoxy) is 1. The van der Waals surface area contributed by atoms with E-state index in [0.717, 1.165) is 25.9 Å². The number of carbonyl (C=O) groups excluding carboxylic acids is 1. The summed E-state index contributed by atoms with van der Waals surface area (Å²) in [6, 6.07) is 0. The van der Waals surface area contributed by atoms with Gasteiger partial charge in [0.25, 0.3) is 0 Å². The minimum atomic E-state index is -1.00. The predicted octanol–water partition coefficient (Wildman–Crippen LogP) is 0.947. The van der Waals surface area contributed by atoms with Gasteiger partial charge in [0.15, 0.2) is 6.29 Å². The summed E-state index contributed by atoms with van der Waals surface area (Å²) in [5.74, 6) is 0. The molecule has 0 radical (unpaired) electrons. The number of hydrogen-bond acceptors (Lipinski definition) is 3. The summed E-state index contributed by atoms with van der Waals surface area (Å²) in [6.45, 7) is 2.94. The number of aliphatic hydroxyl groups excluding tert-OH is 1. The molecule has 1 fully saturated rings. The lowest BCUT2D eigenvalue weighted by Crippen LogP contribution is -2.37. The smallest absolute Gasteiger partial charge is 0.412 e. The van der Waals surface area contributed by atoms with Gasteiger partial charge in [-0.05, 0) is 26.2 Å². The van der Waals surface area contributed by atoms with E-state index in [1.165, 1.54) is 13.3 Å². The number of nitrogens with zero attached hydrogens (tertiary/aromatic N) is 1. The molecule has 1 heterocycles. The zero-order valence-corrected chi connectivity index (χ0v) is 7.32. The summed E-state index contributed by atoms with van der Waals surface area (Å²) >= 11 is 0. The normalized spacial score (nSPS) is 20.3. The van der Waals surface area contributed by atoms with Crippen LogP contribution in [0.4, 0.5) is 4.79 Å². The molecule has 0 bridgehead atoms. The van der Waals surface area contributed by atoms with Crippen LogP contribution in [-0.2, 0) is 4.74 Å². The van der Waals surface area contributed by atoms with E-state index in [0.29, 0.717) is 0 Å². The van der Waals surface area contributed by atoms with E-state index in [1.807, 2.05) is 0 Å². The molecular formula is C8H15NO3. The molecule has 1 rings (SSSR count). The molecule has 1 saturated heterocycles. The third kappa shape index (κ3) is 2.70. The predicted molar refractivity (Wildman–Crippen MR) is 43.6 cm³/mol. The fraction of sp³-hybridized carbons (Fsp3) is 0.875. The van der Waals surface area contributed by atoms with E-state index in [4.69, 9.17) is 5.11 Å². The van der Waals surface area contributed by atoms with Crippen molar-refractivity contribution >= 4 is 6.09 Å². The Morgan fingerprint density at radius 2 is 2.00 bits per heavy atom. The zero-order valence-electron chi connectivity index (χ0n) is 7.32. The van der Waals surface area contributed by atoms with Crippen molar-refractivity contribution in [2.24, 2.45) is 0 Å². The molecule has 4 heteroatoms. The fourth-order valence-electron chi connectivity index (χ4n) is 1.30. The number of likely N-dealkylation sites (tertiary alicyclic amines) is 1. The second kappa shape index (κ2) is 4.30. The summed E-state index contributed by atoms with van der Waals surface area (Å²) in [5.41, 5.74) is 0. The molecule has 0 aromatic rings. The van der Waals surface area contributed by atoms with Crippen LogP contribution in [0.3, 0.4) is 0 Å². The topological polar surface area (TPSA) is 49.8 Å². The largest absolute Gasteiger partial charge is 0.420 e. The first kappa shape index (κ1) is 9.32. The molecule has 1 unspecified atom stereocenters. The Morgan fingerprint density at radius 1 is 1.42 bits per heavy atom. The van der Waals surface area contributed by atoms with Gasteiger partial charge in [-0.1, -0.05) is 0 Å². The van der Waals surface area contributed by atoms with Crippen LogP contribution in [0.1, 0.15) is 26.2 Å². The number of aliphatic hydroxyl groups is 1. The highest BCUT2D eigenvalue weighted by Crippen LogP contribution is 2.10. The summed E-state index contributed by atoms with van der Waals surface area (Å²) in [6.07, 6.45) is 1.85. The maximum absolute atomic E-state index is 11.2. The Bertz CT molecular complexity index is 152. The summed E-state index contributed by atoms with van der Waals surface area (Å²) in [7, 11) is 0. The third-order valence-electron chi connectivity index (χ3n) is 1.89. The van der Waals surface area contributed by atoms with Crippen LogP contribution in [0.15, 0.2) is 0 Å². The van der Waals surface area contributed by atoms with Gasteiger partial charge in [-0.15, -0.1) is 0 Å². The Hall–Kier alpha value is -0.770. The van der Waals surface area contributed by atoms with Crippen LogP contribution in [0.25, 0.3) is 0 Å². The maximum Gasteiger partial charge on any atom is 0.412 e. The van der Waals surface area contributed by atoms with Crippen LogP contribution < -0.4 is 0 Å². The number of amides is 1. The Morgan fingerprint density at radius 3 is 2.50 bits per heavy atom. The van der Waals surface area contributed by atoms with E-state index in [1.54, 1.807) is 4.90 Å². The molecule has 4 nitrogen and oxygen atoms in total. The van der Waals surface area contributed by atoms with Gasteiger partial charge in [0.2, 0.25) is 0 Å². The SMILES string of the molecule is CC(O)OC(=O)N1CCCCC1. The second-order valence-corrected chi connectivity index (χ2v) is 3.03. The van der Waals surface area contributed by atoms with Crippen molar-refractivity contribution < 1.29 is 14.6 Å². The molecule has 70 valence electrons. The minimum Gasteiger partial charge on any atom is -0.420 e. The van der Waals surface area contributed by atoms with E-state index in [9.17, 15) is 4.79 Å². The molecule has 1 N–H and O–H groups in total. The second-order valence-electron chi connectivity index (χ2n) is 3.03. The lowest BCUT2D eigenvalue weighted by atomic mass is 10.1. The lowest BCUT2D eigenvalue weighted by molar-refractivity contribution is -0.0520. The van der Waals surface area contributed by atoms with Crippen molar-refractivity contribution in [3.8, 4) is 0 Å². The van der Waals surface area contributed by atoms with Crippen LogP contribution >= 0.6 is 0 Å². The van der Waals surface area contributed by atoms with Gasteiger partial charge in [0.1, 0.15) is 0 Å². The Balaban J connectivity index is 2.30. The van der Waals surface area contributed by atoms with Gasteiger partial charge in [0, 0.05) is 13.1 Å². The van der Waals surface area contributed by atoms with E-state index >= 15 is 0 Å². The van der Waals surface area contributed by atoms with Crippen LogP contribution in [0.2, 0.25) is 0 Å². The van der Waals surface area contributed by atoms with Gasteiger partial charge in [-0.2, -0.15) is 0 Å². The van der Waals surface area contributed by atoms with Crippen molar-refractivity contribution in [1.82, 2.24) is 4.90 Å². The summed E-state index contributed by atoms with van der Waals surface area (Å²) in [5, 5.41) is 8.78. The fourth-order valence-corrected chi connectivity index (χ4v) is 1.30. The molecule has 0 aromatic carbocycles. The number of piperidine rings is 1. The molecule has 1 aliphatic heterocycles. The Labute approximate surface area is 72.1 Å². The molecule has 0 spiro atoms.